The summed E-state index contributed by atoms with van der Waals surface area (Å²) in [6, 6.07) is -0.162. The quantitative estimate of drug-likeness (QED) is 0.606. The van der Waals surface area contributed by atoms with Gasteiger partial charge in [-0.3, -0.25) is 0 Å². The second-order valence-electron chi connectivity index (χ2n) is 5.66. The zero-order valence-corrected chi connectivity index (χ0v) is 12.2. The first kappa shape index (κ1) is 16.2. The van der Waals surface area contributed by atoms with Gasteiger partial charge >= 0.3 is 6.09 Å². The highest BCUT2D eigenvalue weighted by Gasteiger charge is 2.36. The zero-order valence-electron chi connectivity index (χ0n) is 12.2. The van der Waals surface area contributed by atoms with Gasteiger partial charge in [0.25, 0.3) is 0 Å². The van der Waals surface area contributed by atoms with Crippen molar-refractivity contribution in [1.29, 1.82) is 0 Å². The van der Waals surface area contributed by atoms with Crippen LogP contribution in [0.4, 0.5) is 4.79 Å². The minimum Gasteiger partial charge on any atom is -0.444 e. The number of likely N-dealkylation sites (tertiary alicyclic amines) is 1. The monoisotopic (exact) mass is 275 g/mol. The van der Waals surface area contributed by atoms with Crippen molar-refractivity contribution in [3.8, 4) is 0 Å². The molecule has 6 heteroatoms. The first-order chi connectivity index (χ1) is 8.83. The Balaban J connectivity index is 2.47. The topological polar surface area (TPSA) is 68.2 Å². The van der Waals surface area contributed by atoms with Crippen LogP contribution >= 0.6 is 0 Å². The second kappa shape index (κ2) is 7.07. The Morgan fingerprint density at radius 2 is 2.05 bits per heavy atom. The number of hydrogen-bond donors (Lipinski definition) is 1. The van der Waals surface area contributed by atoms with Crippen LogP contribution in [0, 0.1) is 0 Å². The predicted molar refractivity (Wildman–Crippen MR) is 69.8 cm³/mol. The van der Waals surface area contributed by atoms with Gasteiger partial charge in [0, 0.05) is 6.61 Å². The maximum Gasteiger partial charge on any atom is 0.410 e. The molecule has 0 aliphatic carbocycles. The molecule has 0 aromatic carbocycles. The Morgan fingerprint density at radius 1 is 1.37 bits per heavy atom. The van der Waals surface area contributed by atoms with E-state index in [4.69, 9.17) is 14.2 Å². The minimum absolute atomic E-state index is 0.162. The molecular formula is C13H25NO5. The largest absolute Gasteiger partial charge is 0.444 e. The van der Waals surface area contributed by atoms with Gasteiger partial charge in [-0.15, -0.1) is 0 Å². The van der Waals surface area contributed by atoms with E-state index < -0.39 is 17.8 Å². The normalized spacial score (nSPS) is 23.7. The summed E-state index contributed by atoms with van der Waals surface area (Å²) in [6.07, 6.45) is -0.423. The van der Waals surface area contributed by atoms with E-state index in [-0.39, 0.29) is 19.4 Å². The third-order valence-electron chi connectivity index (χ3n) is 2.70. The van der Waals surface area contributed by atoms with Gasteiger partial charge in [-0.1, -0.05) is 0 Å². The standard InChI is InChI=1S/C13H25NO5/c1-5-17-9-18-8-10-6-11(15)7-14(10)12(16)19-13(2,3)4/h10-11,15H,5-9H2,1-4H3/t10-,11+/m0/s1. The molecule has 1 heterocycles. The summed E-state index contributed by atoms with van der Waals surface area (Å²) in [7, 11) is 0. The van der Waals surface area contributed by atoms with Gasteiger partial charge in [0.2, 0.25) is 0 Å². The van der Waals surface area contributed by atoms with E-state index in [0.717, 1.165) is 0 Å². The molecule has 0 unspecified atom stereocenters. The number of rotatable bonds is 5. The van der Waals surface area contributed by atoms with Gasteiger partial charge in [0.1, 0.15) is 12.4 Å². The molecule has 6 nitrogen and oxygen atoms in total. The summed E-state index contributed by atoms with van der Waals surface area (Å²) in [5, 5.41) is 9.68. The molecule has 0 aromatic heterocycles. The van der Waals surface area contributed by atoms with Crippen LogP contribution in [-0.2, 0) is 14.2 Å². The summed E-state index contributed by atoms with van der Waals surface area (Å²) in [4.78, 5) is 13.5. The van der Waals surface area contributed by atoms with Gasteiger partial charge < -0.3 is 24.2 Å². The van der Waals surface area contributed by atoms with E-state index in [2.05, 4.69) is 0 Å². The second-order valence-corrected chi connectivity index (χ2v) is 5.66. The molecule has 112 valence electrons. The van der Waals surface area contributed by atoms with Crippen LogP contribution in [0.25, 0.3) is 0 Å². The van der Waals surface area contributed by atoms with Crippen molar-refractivity contribution >= 4 is 6.09 Å². The maximum absolute atomic E-state index is 12.0. The Hall–Kier alpha value is -0.850. The van der Waals surface area contributed by atoms with Gasteiger partial charge in [0.15, 0.2) is 0 Å². The van der Waals surface area contributed by atoms with Crippen molar-refractivity contribution in [3.05, 3.63) is 0 Å². The van der Waals surface area contributed by atoms with Gasteiger partial charge in [0.05, 0.1) is 25.3 Å². The zero-order chi connectivity index (χ0) is 14.5. The molecule has 0 saturated carbocycles. The molecule has 2 atom stereocenters. The summed E-state index contributed by atoms with van der Waals surface area (Å²) in [5.41, 5.74) is -0.540. The number of nitrogens with zero attached hydrogens (tertiary/aromatic N) is 1. The Kier molecular flexibility index (Phi) is 6.03. The fourth-order valence-electron chi connectivity index (χ4n) is 1.92. The van der Waals surface area contributed by atoms with E-state index in [0.29, 0.717) is 19.6 Å². The molecule has 1 fully saturated rings. The molecule has 19 heavy (non-hydrogen) atoms. The van der Waals surface area contributed by atoms with Gasteiger partial charge in [-0.2, -0.15) is 0 Å². The molecule has 1 rings (SSSR count). The highest BCUT2D eigenvalue weighted by atomic mass is 16.7. The van der Waals surface area contributed by atoms with Gasteiger partial charge in [-0.25, -0.2) is 4.79 Å². The molecule has 0 spiro atoms. The molecule has 1 saturated heterocycles. The fraction of sp³-hybridized carbons (Fsp3) is 0.923. The average Bonchev–Trinajstić information content (AvgIpc) is 2.64. The highest BCUT2D eigenvalue weighted by Crippen LogP contribution is 2.21. The first-order valence-electron chi connectivity index (χ1n) is 6.66. The number of amides is 1. The number of aliphatic hydroxyl groups excluding tert-OH is 1. The third kappa shape index (κ3) is 5.76. The van der Waals surface area contributed by atoms with Crippen LogP contribution in [-0.4, -0.2) is 60.4 Å². The number of carbonyl (C=O) groups is 1. The van der Waals surface area contributed by atoms with Crippen LogP contribution < -0.4 is 0 Å². The van der Waals surface area contributed by atoms with E-state index in [1.807, 2.05) is 27.7 Å². The number of ether oxygens (including phenoxy) is 3. The molecule has 1 amide bonds. The Bertz CT molecular complexity index is 289. The number of aliphatic hydroxyl groups is 1. The Morgan fingerprint density at radius 3 is 2.63 bits per heavy atom. The SMILES string of the molecule is CCOCOC[C@@H]1C[C@@H](O)CN1C(=O)OC(C)(C)C. The summed E-state index contributed by atoms with van der Waals surface area (Å²) < 4.78 is 15.7. The summed E-state index contributed by atoms with van der Waals surface area (Å²) >= 11 is 0. The lowest BCUT2D eigenvalue weighted by atomic mass is 10.2. The number of hydrogen-bond acceptors (Lipinski definition) is 5. The maximum atomic E-state index is 12.0. The van der Waals surface area contributed by atoms with Crippen molar-refractivity contribution in [2.75, 3.05) is 26.6 Å². The van der Waals surface area contributed by atoms with E-state index >= 15 is 0 Å². The Labute approximate surface area is 114 Å². The van der Waals surface area contributed by atoms with Gasteiger partial charge in [-0.05, 0) is 34.1 Å². The fourth-order valence-corrected chi connectivity index (χ4v) is 1.92. The first-order valence-corrected chi connectivity index (χ1v) is 6.66. The van der Waals surface area contributed by atoms with E-state index in [9.17, 15) is 9.90 Å². The van der Waals surface area contributed by atoms with Crippen LogP contribution in [0.1, 0.15) is 34.1 Å². The lowest BCUT2D eigenvalue weighted by molar-refractivity contribution is -0.0646. The van der Waals surface area contributed by atoms with Crippen molar-refractivity contribution in [2.24, 2.45) is 0 Å². The number of β-amino-alcohol motifs (C(OH)–C–C–N with tert-alkyl or cyclic N) is 1. The molecule has 0 aromatic rings. The summed E-state index contributed by atoms with van der Waals surface area (Å²) in [6.45, 7) is 8.76. The smallest absolute Gasteiger partial charge is 0.410 e. The van der Waals surface area contributed by atoms with Crippen LogP contribution in [0.2, 0.25) is 0 Å². The van der Waals surface area contributed by atoms with E-state index in [1.165, 1.54) is 4.90 Å². The lowest BCUT2D eigenvalue weighted by Gasteiger charge is -2.28. The van der Waals surface area contributed by atoms with E-state index in [1.54, 1.807) is 0 Å². The molecule has 0 bridgehead atoms. The van der Waals surface area contributed by atoms with Crippen LogP contribution in [0.5, 0.6) is 0 Å². The lowest BCUT2D eigenvalue weighted by Crippen LogP contribution is -2.42. The molecule has 1 N–H and O–H groups in total. The highest BCUT2D eigenvalue weighted by molar-refractivity contribution is 5.69. The number of carbonyl (C=O) groups excluding carboxylic acids is 1. The third-order valence-corrected chi connectivity index (χ3v) is 2.70. The molecule has 0 radical (unpaired) electrons. The van der Waals surface area contributed by atoms with Crippen LogP contribution in [0.15, 0.2) is 0 Å². The van der Waals surface area contributed by atoms with Crippen molar-refractivity contribution in [1.82, 2.24) is 4.90 Å². The average molecular weight is 275 g/mol. The van der Waals surface area contributed by atoms with Crippen LogP contribution in [0.3, 0.4) is 0 Å². The van der Waals surface area contributed by atoms with Crippen molar-refractivity contribution < 1.29 is 24.1 Å². The molecule has 1 aliphatic rings. The molecule has 1 aliphatic heterocycles. The predicted octanol–water partition coefficient (Wildman–Crippen LogP) is 1.37. The molecular weight excluding hydrogens is 250 g/mol. The van der Waals surface area contributed by atoms with Crippen molar-refractivity contribution in [2.45, 2.75) is 51.9 Å². The van der Waals surface area contributed by atoms with Crippen molar-refractivity contribution in [3.63, 3.8) is 0 Å². The summed E-state index contributed by atoms with van der Waals surface area (Å²) in [5.74, 6) is 0. The minimum atomic E-state index is -0.540.